The van der Waals surface area contributed by atoms with Crippen molar-refractivity contribution in [2.45, 2.75) is 12.3 Å². The van der Waals surface area contributed by atoms with Crippen molar-refractivity contribution in [3.8, 4) is 17.2 Å². The molecule has 2 heterocycles. The van der Waals surface area contributed by atoms with Crippen molar-refractivity contribution in [1.29, 1.82) is 0 Å². The molecule has 1 unspecified atom stereocenters. The average molecular weight is 340 g/mol. The maximum Gasteiger partial charge on any atom is 0.231 e. The molecule has 0 aromatic heterocycles. The van der Waals surface area contributed by atoms with Gasteiger partial charge < -0.3 is 19.5 Å². The van der Waals surface area contributed by atoms with Gasteiger partial charge in [-0.3, -0.25) is 0 Å². The second-order valence-electron chi connectivity index (χ2n) is 5.02. The Labute approximate surface area is 156 Å². The minimum absolute atomic E-state index is 0.00752. The zero-order chi connectivity index (χ0) is 26.2. The fourth-order valence-corrected chi connectivity index (χ4v) is 2.28. The van der Waals surface area contributed by atoms with E-state index in [9.17, 15) is 4.39 Å². The van der Waals surface area contributed by atoms with Crippen LogP contribution in [0, 0.1) is 11.7 Å². The van der Waals surface area contributed by atoms with Crippen molar-refractivity contribution in [2.24, 2.45) is 5.89 Å². The maximum atomic E-state index is 13.6. The van der Waals surface area contributed by atoms with Gasteiger partial charge in [0.15, 0.2) is 11.5 Å². The Morgan fingerprint density at radius 3 is 2.96 bits per heavy atom. The van der Waals surface area contributed by atoms with E-state index in [0.29, 0.717) is 0 Å². The molecule has 0 aliphatic carbocycles. The molecule has 2 aromatic carbocycles. The topological polar surface area (TPSA) is 39.7 Å². The van der Waals surface area contributed by atoms with Gasteiger partial charge in [-0.05, 0) is 48.6 Å². The Balaban J connectivity index is 1.83. The Bertz CT molecular complexity index is 1150. The summed E-state index contributed by atoms with van der Waals surface area (Å²) in [5.74, 6) is -6.49. The van der Waals surface area contributed by atoms with Gasteiger partial charge in [-0.15, -0.1) is 0 Å². The van der Waals surface area contributed by atoms with Crippen LogP contribution in [0.15, 0.2) is 42.5 Å². The van der Waals surface area contributed by atoms with Crippen molar-refractivity contribution in [3.05, 3.63) is 53.8 Å². The first-order chi connectivity index (χ1) is 15.8. The van der Waals surface area contributed by atoms with E-state index in [0.717, 1.165) is 36.4 Å². The third-order valence-electron chi connectivity index (χ3n) is 3.47. The van der Waals surface area contributed by atoms with E-state index in [2.05, 4.69) is 0 Å². The molecule has 126 valence electrons. The number of ether oxygens (including phenoxy) is 3. The number of fused-ring (bicyclic) bond motifs is 1. The summed E-state index contributed by atoms with van der Waals surface area (Å²) in [6, 6.07) is 7.36. The lowest BCUT2D eigenvalue weighted by atomic mass is 9.81. The summed E-state index contributed by atoms with van der Waals surface area (Å²) in [4.78, 5) is 0. The monoisotopic (exact) mass is 340 g/mol. The summed E-state index contributed by atoms with van der Waals surface area (Å²) in [6.45, 7) is -12.1. The molecule has 2 aliphatic heterocycles. The van der Waals surface area contributed by atoms with E-state index in [-0.39, 0.29) is 22.8 Å². The Morgan fingerprint density at radius 1 is 1.25 bits per heavy atom. The van der Waals surface area contributed by atoms with E-state index in [1.165, 1.54) is 6.07 Å². The summed E-state index contributed by atoms with van der Waals surface area (Å²) >= 11 is 0. The van der Waals surface area contributed by atoms with Crippen LogP contribution in [-0.4, -0.2) is 26.3 Å². The second-order valence-corrected chi connectivity index (χ2v) is 5.02. The molecule has 1 N–H and O–H groups in total. The number of rotatable bonds is 4. The highest BCUT2D eigenvalue weighted by Gasteiger charge is 2.27. The Kier molecular flexibility index (Phi) is 2.04. The molecule has 0 radical (unpaired) electrons. The summed E-state index contributed by atoms with van der Waals surface area (Å²) in [6.07, 6.45) is -3.07. The van der Waals surface area contributed by atoms with Crippen LogP contribution >= 0.6 is 0 Å². The van der Waals surface area contributed by atoms with E-state index >= 15 is 0 Å². The third-order valence-corrected chi connectivity index (χ3v) is 3.47. The molecule has 0 bridgehead atoms. The number of halogens is 1. The zero-order valence-electron chi connectivity index (χ0n) is 23.2. The summed E-state index contributed by atoms with van der Waals surface area (Å²) in [5.41, 5.74) is -0.216. The van der Waals surface area contributed by atoms with Crippen molar-refractivity contribution < 1.29 is 33.7 Å². The minimum Gasteiger partial charge on any atom is -0.493 e. The van der Waals surface area contributed by atoms with E-state index < -0.39 is 50.3 Å². The van der Waals surface area contributed by atoms with Gasteiger partial charge in [-0.1, -0.05) is 12.1 Å². The molecular weight excluding hydrogens is 309 g/mol. The largest absolute Gasteiger partial charge is 0.493 e. The molecule has 0 saturated carbocycles. The lowest BCUT2D eigenvalue weighted by molar-refractivity contribution is 0.173. The molecule has 24 heavy (non-hydrogen) atoms. The first-order valence-corrected chi connectivity index (χ1v) is 7.09. The first-order valence-electron chi connectivity index (χ1n) is 12.6. The Morgan fingerprint density at radius 2 is 2.08 bits per heavy atom. The van der Waals surface area contributed by atoms with Crippen molar-refractivity contribution in [2.75, 3.05) is 26.3 Å². The highest BCUT2D eigenvalue weighted by molar-refractivity contribution is 5.46. The molecule has 0 spiro atoms. The molecule has 4 rings (SSSR count). The van der Waals surface area contributed by atoms with Gasteiger partial charge in [-0.25, -0.2) is 4.39 Å². The first kappa shape index (κ1) is 7.31. The van der Waals surface area contributed by atoms with Crippen molar-refractivity contribution >= 4 is 0 Å². The number of hydrogen-bond acceptors (Lipinski definition) is 4. The Hall–Kier alpha value is -2.27. The predicted molar refractivity (Wildman–Crippen MR) is 88.2 cm³/mol. The lowest BCUT2D eigenvalue weighted by Gasteiger charge is -2.32. The van der Waals surface area contributed by atoms with Crippen LogP contribution in [0.4, 0.5) is 4.39 Å². The molecule has 1 saturated heterocycles. The van der Waals surface area contributed by atoms with Gasteiger partial charge in [0, 0.05) is 28.1 Å². The van der Waals surface area contributed by atoms with E-state index in [4.69, 9.17) is 29.3 Å². The molecule has 2 aromatic rings. The fraction of sp³-hybridized carbons (Fsp3) is 0.368. The highest BCUT2D eigenvalue weighted by atomic mass is 19.1. The van der Waals surface area contributed by atoms with Crippen molar-refractivity contribution in [1.82, 2.24) is 5.32 Å². The van der Waals surface area contributed by atoms with E-state index in [1.54, 1.807) is 5.32 Å². The molecule has 2 atom stereocenters. The number of hydrogen-bond donors (Lipinski definition) is 1. The van der Waals surface area contributed by atoms with Crippen LogP contribution in [0.2, 0.25) is 0 Å². The van der Waals surface area contributed by atoms with Crippen LogP contribution in [0.3, 0.4) is 0 Å². The number of benzene rings is 2. The standard InChI is InChI=1S/C19H20FNO3/c20-15-3-1-13(2-4-15)17-7-8-21-10-14(17)11-22-16-5-6-18-19(9-16)24-12-23-18/h1-6,9,14,17,21H,7-8,10-12H2/t14-,17?/m1/s1/i7D2,8D2,10D2,11D2,12D2,14D. The number of nitrogens with one attached hydrogen (secondary N) is 1. The lowest BCUT2D eigenvalue weighted by Crippen LogP contribution is -2.38. The van der Waals surface area contributed by atoms with Crippen LogP contribution in [0.1, 0.15) is 32.9 Å². The second kappa shape index (κ2) is 6.69. The smallest absolute Gasteiger partial charge is 0.231 e. The zero-order valence-corrected chi connectivity index (χ0v) is 12.2. The van der Waals surface area contributed by atoms with Crippen LogP contribution in [0.5, 0.6) is 17.2 Å². The molecule has 4 nitrogen and oxygen atoms in total. The average Bonchev–Trinajstić information content (AvgIpc) is 3.00. The SMILES string of the molecule is [2H]C1([2H])Oc2ccc(OC([2H])([2H])[C@]3([2H])C(c4ccc(F)cc4)C([2H])([2H])C([2H])([2H])NC3([2H])[2H])cc2O1. The highest BCUT2D eigenvalue weighted by Crippen LogP contribution is 2.36. The fourth-order valence-electron chi connectivity index (χ4n) is 2.28. The van der Waals surface area contributed by atoms with Crippen LogP contribution < -0.4 is 19.5 Å². The molecular formula is C19H20FNO3. The van der Waals surface area contributed by atoms with Crippen molar-refractivity contribution in [3.63, 3.8) is 0 Å². The minimum atomic E-state index is -3.33. The van der Waals surface area contributed by atoms with Gasteiger partial charge in [0.1, 0.15) is 14.3 Å². The van der Waals surface area contributed by atoms with E-state index in [1.807, 2.05) is 0 Å². The van der Waals surface area contributed by atoms with Gasteiger partial charge >= 0.3 is 0 Å². The molecule has 5 heteroatoms. The molecule has 2 aliphatic rings. The van der Waals surface area contributed by atoms with Gasteiger partial charge in [0.2, 0.25) is 6.75 Å². The van der Waals surface area contributed by atoms with Gasteiger partial charge in [0.25, 0.3) is 0 Å². The van der Waals surface area contributed by atoms with Gasteiger partial charge in [0.05, 0.1) is 9.30 Å². The quantitative estimate of drug-likeness (QED) is 0.927. The van der Waals surface area contributed by atoms with Gasteiger partial charge in [-0.2, -0.15) is 0 Å². The maximum absolute atomic E-state index is 13.6. The normalized spacial score (nSPS) is 41.2. The van der Waals surface area contributed by atoms with Crippen LogP contribution in [-0.2, 0) is 0 Å². The molecule has 1 fully saturated rings. The predicted octanol–water partition coefficient (Wildman–Crippen LogP) is 3.33. The summed E-state index contributed by atoms with van der Waals surface area (Å²) in [5, 5.41) is 1.78. The third kappa shape index (κ3) is 3.17. The number of piperidine rings is 1. The van der Waals surface area contributed by atoms with Crippen LogP contribution in [0.25, 0.3) is 0 Å². The summed E-state index contributed by atoms with van der Waals surface area (Å²) in [7, 11) is 0. The summed E-state index contributed by atoms with van der Waals surface area (Å²) < 4.78 is 120. The molecule has 0 amide bonds.